The average molecular weight is 715 g/mol. The van der Waals surface area contributed by atoms with Gasteiger partial charge in [0, 0.05) is 14.9 Å². The van der Waals surface area contributed by atoms with Crippen LogP contribution in [-0.2, 0) is 16.0 Å². The summed E-state index contributed by atoms with van der Waals surface area (Å²) in [6.07, 6.45) is 13.3. The Hall–Kier alpha value is -2.61. The van der Waals surface area contributed by atoms with E-state index in [0.717, 1.165) is 49.5 Å². The zero-order valence-electron chi connectivity index (χ0n) is 27.5. The highest BCUT2D eigenvalue weighted by Crippen LogP contribution is 2.37. The maximum atomic E-state index is 12.8. The van der Waals surface area contributed by atoms with Gasteiger partial charge >= 0.3 is 11.6 Å². The maximum absolute atomic E-state index is 12.8. The minimum absolute atomic E-state index is 0.0769. The van der Waals surface area contributed by atoms with Gasteiger partial charge in [0.05, 0.1) is 24.7 Å². The molecule has 44 heavy (non-hydrogen) atoms. The first kappa shape index (κ1) is 35.9. The number of fused-ring (bicyclic) bond motifs is 1. The molecule has 0 aliphatic carbocycles. The number of allylic oxidation sites excluding steroid dienone is 2. The number of ether oxygens (including phenoxy) is 2. The molecule has 6 heteroatoms. The number of unbranched alkanes of at least 4 members (excludes halogenated alkanes) is 4. The molecule has 0 radical (unpaired) electrons. The third-order valence-corrected chi connectivity index (χ3v) is 8.43. The van der Waals surface area contributed by atoms with Crippen molar-refractivity contribution in [2.24, 2.45) is 11.3 Å². The summed E-state index contributed by atoms with van der Waals surface area (Å²) >= 11 is 2.36. The van der Waals surface area contributed by atoms with Crippen molar-refractivity contribution in [3.8, 4) is 16.9 Å². The van der Waals surface area contributed by atoms with Crippen molar-refractivity contribution in [3.05, 3.63) is 76.7 Å². The number of aryl methyl sites for hydroxylation is 1. The summed E-state index contributed by atoms with van der Waals surface area (Å²) < 4.78 is 17.1. The first-order valence-corrected chi connectivity index (χ1v) is 17.3. The van der Waals surface area contributed by atoms with Gasteiger partial charge in [-0.25, -0.2) is 4.79 Å². The lowest BCUT2D eigenvalue weighted by Gasteiger charge is -2.32. The molecule has 2 aromatic carbocycles. The Morgan fingerprint density at radius 3 is 2.23 bits per heavy atom. The van der Waals surface area contributed by atoms with Crippen molar-refractivity contribution >= 4 is 39.5 Å². The Morgan fingerprint density at radius 1 is 0.909 bits per heavy atom. The van der Waals surface area contributed by atoms with Crippen LogP contribution < -0.4 is 10.4 Å². The van der Waals surface area contributed by atoms with Gasteiger partial charge in [-0.1, -0.05) is 99.5 Å². The lowest BCUT2D eigenvalue weighted by molar-refractivity contribution is -0.150. The lowest BCUT2D eigenvalue weighted by Crippen LogP contribution is -2.36. The fraction of sp³-hybridized carbons (Fsp3) is 0.526. The average Bonchev–Trinajstić information content (AvgIpc) is 2.96. The Labute approximate surface area is 277 Å². The molecular formula is C38H51IO5. The molecule has 1 unspecified atom stereocenters. The van der Waals surface area contributed by atoms with Crippen LogP contribution in [0.3, 0.4) is 0 Å². The monoisotopic (exact) mass is 714 g/mol. The quantitative estimate of drug-likeness (QED) is 0.0348. The van der Waals surface area contributed by atoms with Crippen LogP contribution in [0.15, 0.2) is 69.9 Å². The number of carbonyl (C=O) groups excluding carboxylic acids is 1. The van der Waals surface area contributed by atoms with Crippen LogP contribution >= 0.6 is 22.6 Å². The normalized spacial score (nSPS) is 13.0. The molecule has 3 rings (SSSR count). The topological polar surface area (TPSA) is 65.7 Å². The number of esters is 1. The summed E-state index contributed by atoms with van der Waals surface area (Å²) in [4.78, 5) is 25.5. The van der Waals surface area contributed by atoms with Crippen LogP contribution in [0.5, 0.6) is 5.75 Å². The van der Waals surface area contributed by atoms with Crippen LogP contribution in [0.4, 0.5) is 0 Å². The summed E-state index contributed by atoms with van der Waals surface area (Å²) in [5, 5.41) is 0.871. The highest BCUT2D eigenvalue weighted by atomic mass is 127. The van der Waals surface area contributed by atoms with E-state index in [0.29, 0.717) is 30.1 Å². The van der Waals surface area contributed by atoms with E-state index in [1.54, 1.807) is 6.07 Å². The number of alkyl halides is 1. The Balaban J connectivity index is 1.39. The second-order valence-corrected chi connectivity index (χ2v) is 16.2. The number of halogens is 1. The van der Waals surface area contributed by atoms with E-state index in [1.807, 2.05) is 30.3 Å². The minimum Gasteiger partial charge on any atom is -0.493 e. The molecule has 0 amide bonds. The molecule has 1 heterocycles. The Bertz CT molecular complexity index is 1410. The van der Waals surface area contributed by atoms with Crippen LogP contribution in [0.25, 0.3) is 22.1 Å². The number of hydrogen-bond acceptors (Lipinski definition) is 5. The molecule has 0 aliphatic heterocycles. The van der Waals surface area contributed by atoms with E-state index in [9.17, 15) is 9.59 Å². The SMILES string of the molecule is CCCCCc1ccc(-c2cc3ccc(OCCC/C=C/CCCOC(=O)C(CC(C)(C)C)C(C)(C)I)cc3oc2=O)cc1. The summed E-state index contributed by atoms with van der Waals surface area (Å²) in [5.74, 6) is 0.490. The zero-order chi connectivity index (χ0) is 32.2. The van der Waals surface area contributed by atoms with Gasteiger partial charge in [-0.2, -0.15) is 0 Å². The van der Waals surface area contributed by atoms with E-state index in [-0.39, 0.29) is 26.3 Å². The van der Waals surface area contributed by atoms with Crippen molar-refractivity contribution in [2.45, 2.75) is 103 Å². The highest BCUT2D eigenvalue weighted by Gasteiger charge is 2.37. The molecule has 0 saturated carbocycles. The van der Waals surface area contributed by atoms with Crippen molar-refractivity contribution in [2.75, 3.05) is 13.2 Å². The van der Waals surface area contributed by atoms with Crippen LogP contribution in [-0.4, -0.2) is 22.6 Å². The summed E-state index contributed by atoms with van der Waals surface area (Å²) in [7, 11) is 0. The molecule has 1 aromatic heterocycles. The molecule has 0 spiro atoms. The zero-order valence-corrected chi connectivity index (χ0v) is 29.7. The van der Waals surface area contributed by atoms with E-state index in [1.165, 1.54) is 24.8 Å². The smallest absolute Gasteiger partial charge is 0.344 e. The number of benzene rings is 2. The second-order valence-electron chi connectivity index (χ2n) is 13.5. The maximum Gasteiger partial charge on any atom is 0.344 e. The fourth-order valence-electron chi connectivity index (χ4n) is 5.13. The largest absolute Gasteiger partial charge is 0.493 e. The molecule has 240 valence electrons. The fourth-order valence-corrected chi connectivity index (χ4v) is 5.61. The van der Waals surface area contributed by atoms with Gasteiger partial charge < -0.3 is 13.9 Å². The predicted molar refractivity (Wildman–Crippen MR) is 191 cm³/mol. The Morgan fingerprint density at radius 2 is 1.59 bits per heavy atom. The highest BCUT2D eigenvalue weighted by molar-refractivity contribution is 14.1. The molecular weight excluding hydrogens is 663 g/mol. The molecule has 3 aromatic rings. The van der Waals surface area contributed by atoms with Crippen LogP contribution in [0.2, 0.25) is 0 Å². The number of rotatable bonds is 17. The predicted octanol–water partition coefficient (Wildman–Crippen LogP) is 10.5. The van der Waals surface area contributed by atoms with Crippen LogP contribution in [0, 0.1) is 11.3 Å². The first-order chi connectivity index (χ1) is 20.9. The van der Waals surface area contributed by atoms with Gasteiger partial charge in [0.2, 0.25) is 0 Å². The van der Waals surface area contributed by atoms with E-state index in [2.05, 4.69) is 88.4 Å². The summed E-state index contributed by atoms with van der Waals surface area (Å²) in [6.45, 7) is 13.9. The third kappa shape index (κ3) is 12.1. The van der Waals surface area contributed by atoms with Gasteiger partial charge in [-0.05, 0) is 93.5 Å². The Kier molecular flexibility index (Phi) is 14.0. The van der Waals surface area contributed by atoms with Gasteiger partial charge in [-0.15, -0.1) is 0 Å². The molecule has 0 bridgehead atoms. The van der Waals surface area contributed by atoms with Gasteiger partial charge in [0.1, 0.15) is 11.3 Å². The molecule has 0 fully saturated rings. The van der Waals surface area contributed by atoms with E-state index >= 15 is 0 Å². The molecule has 0 aliphatic rings. The molecule has 0 N–H and O–H groups in total. The second kappa shape index (κ2) is 17.2. The van der Waals surface area contributed by atoms with Crippen molar-refractivity contribution in [1.29, 1.82) is 0 Å². The summed E-state index contributed by atoms with van der Waals surface area (Å²) in [5.41, 5.74) is 3.01. The van der Waals surface area contributed by atoms with Gasteiger partial charge in [0.25, 0.3) is 0 Å². The van der Waals surface area contributed by atoms with Crippen molar-refractivity contribution < 1.29 is 18.7 Å². The molecule has 1 atom stereocenters. The number of hydrogen-bond donors (Lipinski definition) is 0. The molecule has 0 saturated heterocycles. The van der Waals surface area contributed by atoms with Crippen molar-refractivity contribution in [1.82, 2.24) is 0 Å². The third-order valence-electron chi connectivity index (χ3n) is 7.68. The molecule has 5 nitrogen and oxygen atoms in total. The van der Waals surface area contributed by atoms with Gasteiger partial charge in [-0.3, -0.25) is 4.79 Å². The number of carbonyl (C=O) groups is 1. The van der Waals surface area contributed by atoms with Crippen LogP contribution in [0.1, 0.15) is 98.5 Å². The minimum atomic E-state index is -0.341. The first-order valence-electron chi connectivity index (χ1n) is 16.2. The standard InChI is InChI=1S/C38H51IO5/c1-7-8-13-16-28-17-19-29(20-18-28)32-25-30-21-22-31(26-34(30)44-35(32)40)42-23-14-11-9-10-12-15-24-43-36(41)33(38(5,6)39)27-37(2,3)4/h9-10,17-22,25-26,33H,7-8,11-16,23-24,27H2,1-6H3/b10-9+. The summed E-state index contributed by atoms with van der Waals surface area (Å²) in [6, 6.07) is 15.8. The van der Waals surface area contributed by atoms with E-state index < -0.39 is 0 Å². The van der Waals surface area contributed by atoms with Crippen molar-refractivity contribution in [3.63, 3.8) is 0 Å². The van der Waals surface area contributed by atoms with E-state index in [4.69, 9.17) is 13.9 Å². The lowest BCUT2D eigenvalue weighted by atomic mass is 9.79. The van der Waals surface area contributed by atoms with Gasteiger partial charge in [0.15, 0.2) is 0 Å².